The molecule has 8 rings (SSSR count). The molecule has 0 N–H and O–H groups in total. The molecule has 1 heterocycles. The van der Waals surface area contributed by atoms with Crippen LogP contribution in [0.1, 0.15) is 47.2 Å². The Morgan fingerprint density at radius 1 is 0.605 bits per heavy atom. The number of hydrogen-bond acceptors (Lipinski definition) is 2. The third-order valence-electron chi connectivity index (χ3n) is 8.76. The summed E-state index contributed by atoms with van der Waals surface area (Å²) in [5.41, 5.74) is 16.9. The Bertz CT molecular complexity index is 1770. The summed E-state index contributed by atoms with van der Waals surface area (Å²) in [6.45, 7) is 8.96. The standard InChI is InChI=1S/C36H29NO/c1-21-9-13-32-34(15-21)38-35-16-22(2)10-14-33(35)37(32)25-12-11-23-17-24-18-29-26-7-5-6-8-30(26)36(3,4)31(29)20-28(24)27(23)19-25/h5-16,18-20H,17H2,1-4H3. The van der Waals surface area contributed by atoms with E-state index >= 15 is 0 Å². The minimum Gasteiger partial charge on any atom is -0.453 e. The van der Waals surface area contributed by atoms with Crippen LogP contribution < -0.4 is 9.64 Å². The molecule has 2 heteroatoms. The second-order valence-corrected chi connectivity index (χ2v) is 11.6. The van der Waals surface area contributed by atoms with Crippen molar-refractivity contribution in [3.8, 4) is 33.8 Å². The van der Waals surface area contributed by atoms with Crippen molar-refractivity contribution in [2.75, 3.05) is 4.90 Å². The van der Waals surface area contributed by atoms with Crippen LogP contribution in [0, 0.1) is 13.8 Å². The fraction of sp³-hybridized carbons (Fsp3) is 0.167. The Balaban J connectivity index is 1.30. The molecule has 2 nitrogen and oxygen atoms in total. The molecule has 0 aromatic heterocycles. The highest BCUT2D eigenvalue weighted by Gasteiger charge is 2.37. The largest absolute Gasteiger partial charge is 0.453 e. The summed E-state index contributed by atoms with van der Waals surface area (Å²) >= 11 is 0. The number of nitrogens with zero attached hydrogens (tertiary/aromatic N) is 1. The fourth-order valence-corrected chi connectivity index (χ4v) is 6.81. The fourth-order valence-electron chi connectivity index (χ4n) is 6.81. The first kappa shape index (κ1) is 21.8. The van der Waals surface area contributed by atoms with Crippen LogP contribution in [-0.4, -0.2) is 0 Å². The van der Waals surface area contributed by atoms with Crippen molar-refractivity contribution in [3.05, 3.63) is 124 Å². The monoisotopic (exact) mass is 491 g/mol. The smallest absolute Gasteiger partial charge is 0.151 e. The molecule has 0 radical (unpaired) electrons. The molecule has 0 amide bonds. The first-order valence-electron chi connectivity index (χ1n) is 13.5. The van der Waals surface area contributed by atoms with Crippen molar-refractivity contribution in [1.82, 2.24) is 0 Å². The zero-order valence-corrected chi connectivity index (χ0v) is 22.2. The van der Waals surface area contributed by atoms with Gasteiger partial charge in [-0.05, 0) is 124 Å². The number of benzene rings is 5. The summed E-state index contributed by atoms with van der Waals surface area (Å²) in [7, 11) is 0. The third-order valence-corrected chi connectivity index (χ3v) is 8.76. The average molecular weight is 492 g/mol. The summed E-state index contributed by atoms with van der Waals surface area (Å²) < 4.78 is 6.40. The summed E-state index contributed by atoms with van der Waals surface area (Å²) in [5, 5.41) is 0. The SMILES string of the molecule is Cc1ccc2c(c1)Oc1cc(C)ccc1N2c1ccc2c(c1)-c1cc3c(cc1C2)-c1ccccc1C3(C)C. The van der Waals surface area contributed by atoms with Crippen molar-refractivity contribution < 1.29 is 4.74 Å². The Labute approximate surface area is 224 Å². The van der Waals surface area contributed by atoms with Gasteiger partial charge in [0.1, 0.15) is 0 Å². The highest BCUT2D eigenvalue weighted by Crippen LogP contribution is 2.54. The van der Waals surface area contributed by atoms with Crippen LogP contribution in [0.5, 0.6) is 11.5 Å². The van der Waals surface area contributed by atoms with E-state index in [1.807, 2.05) is 0 Å². The van der Waals surface area contributed by atoms with Gasteiger partial charge in [0.05, 0.1) is 11.4 Å². The predicted octanol–water partition coefficient (Wildman–Crippen LogP) is 9.76. The molecular weight excluding hydrogens is 462 g/mol. The molecule has 0 saturated carbocycles. The molecule has 0 unspecified atom stereocenters. The molecule has 5 aromatic rings. The molecular formula is C36H29NO. The van der Waals surface area contributed by atoms with E-state index in [9.17, 15) is 0 Å². The quantitative estimate of drug-likeness (QED) is 0.227. The Morgan fingerprint density at radius 3 is 2.03 bits per heavy atom. The van der Waals surface area contributed by atoms with Crippen LogP contribution >= 0.6 is 0 Å². The second-order valence-electron chi connectivity index (χ2n) is 11.6. The van der Waals surface area contributed by atoms with Gasteiger partial charge in [0.2, 0.25) is 0 Å². The maximum atomic E-state index is 6.40. The van der Waals surface area contributed by atoms with Crippen molar-refractivity contribution in [2.45, 2.75) is 39.5 Å². The van der Waals surface area contributed by atoms with Gasteiger partial charge in [-0.15, -0.1) is 0 Å². The molecule has 0 saturated heterocycles. The van der Waals surface area contributed by atoms with Crippen LogP contribution in [0.3, 0.4) is 0 Å². The topological polar surface area (TPSA) is 12.5 Å². The molecule has 2 aliphatic carbocycles. The second kappa shape index (κ2) is 7.39. The van der Waals surface area contributed by atoms with Gasteiger partial charge in [0, 0.05) is 11.1 Å². The van der Waals surface area contributed by atoms with Gasteiger partial charge in [-0.2, -0.15) is 0 Å². The first-order valence-corrected chi connectivity index (χ1v) is 13.5. The number of hydrogen-bond donors (Lipinski definition) is 0. The minimum atomic E-state index is -0.000864. The summed E-state index contributed by atoms with van der Waals surface area (Å²) in [6, 6.07) is 33.8. The number of ether oxygens (including phenoxy) is 1. The summed E-state index contributed by atoms with van der Waals surface area (Å²) in [4.78, 5) is 2.36. The Morgan fingerprint density at radius 2 is 1.29 bits per heavy atom. The highest BCUT2D eigenvalue weighted by molar-refractivity contribution is 5.92. The van der Waals surface area contributed by atoms with Gasteiger partial charge in [0.15, 0.2) is 11.5 Å². The van der Waals surface area contributed by atoms with Gasteiger partial charge in [0.25, 0.3) is 0 Å². The van der Waals surface area contributed by atoms with Gasteiger partial charge < -0.3 is 9.64 Å². The lowest BCUT2D eigenvalue weighted by atomic mass is 9.81. The zero-order valence-electron chi connectivity index (χ0n) is 22.2. The van der Waals surface area contributed by atoms with Gasteiger partial charge >= 0.3 is 0 Å². The van der Waals surface area contributed by atoms with E-state index in [1.54, 1.807) is 0 Å². The maximum Gasteiger partial charge on any atom is 0.151 e. The molecule has 0 bridgehead atoms. The molecule has 0 spiro atoms. The van der Waals surface area contributed by atoms with E-state index < -0.39 is 0 Å². The van der Waals surface area contributed by atoms with Crippen molar-refractivity contribution in [3.63, 3.8) is 0 Å². The molecule has 1 aliphatic heterocycles. The summed E-state index contributed by atoms with van der Waals surface area (Å²) in [6.07, 6.45) is 0.982. The minimum absolute atomic E-state index is 0.000864. The van der Waals surface area contributed by atoms with Gasteiger partial charge in [-0.1, -0.05) is 56.3 Å². The normalized spacial score (nSPS) is 15.1. The van der Waals surface area contributed by atoms with E-state index in [0.717, 1.165) is 35.0 Å². The number of aryl methyl sites for hydroxylation is 2. The van der Waals surface area contributed by atoms with Crippen LogP contribution in [0.15, 0.2) is 91.0 Å². The number of rotatable bonds is 1. The lowest BCUT2D eigenvalue weighted by Crippen LogP contribution is -2.16. The number of fused-ring (bicyclic) bond motifs is 8. The third kappa shape index (κ3) is 2.89. The van der Waals surface area contributed by atoms with Crippen molar-refractivity contribution in [2.24, 2.45) is 0 Å². The maximum absolute atomic E-state index is 6.40. The number of anilines is 3. The van der Waals surface area contributed by atoms with E-state index in [2.05, 4.69) is 124 Å². The first-order chi connectivity index (χ1) is 18.4. The van der Waals surface area contributed by atoms with Crippen LogP contribution in [0.4, 0.5) is 17.1 Å². The highest BCUT2D eigenvalue weighted by atomic mass is 16.5. The van der Waals surface area contributed by atoms with E-state index in [1.165, 1.54) is 55.6 Å². The van der Waals surface area contributed by atoms with E-state index in [-0.39, 0.29) is 5.41 Å². The van der Waals surface area contributed by atoms with E-state index in [4.69, 9.17) is 4.74 Å². The lowest BCUT2D eigenvalue weighted by molar-refractivity contribution is 0.476. The summed E-state index contributed by atoms with van der Waals surface area (Å²) in [5.74, 6) is 1.81. The van der Waals surface area contributed by atoms with Gasteiger partial charge in [-0.25, -0.2) is 0 Å². The molecule has 38 heavy (non-hydrogen) atoms. The molecule has 0 fully saturated rings. The Kier molecular flexibility index (Phi) is 4.23. The molecule has 5 aromatic carbocycles. The molecule has 0 atom stereocenters. The zero-order chi connectivity index (χ0) is 25.8. The van der Waals surface area contributed by atoms with Crippen molar-refractivity contribution >= 4 is 17.1 Å². The molecule has 3 aliphatic rings. The average Bonchev–Trinajstić information content (AvgIpc) is 3.37. The lowest BCUT2D eigenvalue weighted by Gasteiger charge is -2.33. The van der Waals surface area contributed by atoms with Crippen molar-refractivity contribution in [1.29, 1.82) is 0 Å². The van der Waals surface area contributed by atoms with Crippen LogP contribution in [-0.2, 0) is 11.8 Å². The molecule has 184 valence electrons. The van der Waals surface area contributed by atoms with Gasteiger partial charge in [-0.3, -0.25) is 0 Å². The predicted molar refractivity (Wildman–Crippen MR) is 156 cm³/mol. The van der Waals surface area contributed by atoms with Crippen LogP contribution in [0.25, 0.3) is 22.3 Å². The Hall–Kier alpha value is -4.30. The van der Waals surface area contributed by atoms with E-state index in [0.29, 0.717) is 0 Å². The van der Waals surface area contributed by atoms with Crippen LogP contribution in [0.2, 0.25) is 0 Å².